The average molecular weight is 594 g/mol. The fourth-order valence-electron chi connectivity index (χ4n) is 3.73. The highest BCUT2D eigenvalue weighted by molar-refractivity contribution is 7.92. The molecule has 4 rings (SSSR count). The molecule has 2 N–H and O–H groups in total. The quantitative estimate of drug-likeness (QED) is 0.211. The van der Waals surface area contributed by atoms with E-state index in [1.807, 2.05) is 20.8 Å². The number of nitrogens with zero attached hydrogens (tertiary/aromatic N) is 4. The molecule has 0 saturated carbocycles. The average Bonchev–Trinajstić information content (AvgIpc) is 2.96. The highest BCUT2D eigenvalue weighted by Crippen LogP contribution is 2.41. The molecule has 220 valence electrons. The first-order valence-electron chi connectivity index (χ1n) is 13.0. The summed E-state index contributed by atoms with van der Waals surface area (Å²) < 4.78 is 47.0. The monoisotopic (exact) mass is 593 g/mol. The summed E-state index contributed by atoms with van der Waals surface area (Å²) in [6.45, 7) is 6.04. The maximum Gasteiger partial charge on any atom is 0.303 e. The molecule has 12 nitrogen and oxygen atoms in total. The maximum absolute atomic E-state index is 13.6. The topological polar surface area (TPSA) is 163 Å². The van der Waals surface area contributed by atoms with Gasteiger partial charge >= 0.3 is 5.97 Å². The van der Waals surface area contributed by atoms with Gasteiger partial charge < -0.3 is 19.3 Å². The summed E-state index contributed by atoms with van der Waals surface area (Å²) in [5, 5.41) is 9.04. The predicted molar refractivity (Wildman–Crippen MR) is 154 cm³/mol. The van der Waals surface area contributed by atoms with E-state index in [1.165, 1.54) is 31.6 Å². The molecule has 4 aromatic rings. The molecule has 0 saturated heterocycles. The van der Waals surface area contributed by atoms with Gasteiger partial charge in [0.25, 0.3) is 15.9 Å². The molecule has 0 bridgehead atoms. The van der Waals surface area contributed by atoms with Gasteiger partial charge in [-0.3, -0.25) is 9.52 Å². The van der Waals surface area contributed by atoms with Gasteiger partial charge in [-0.2, -0.15) is 4.98 Å². The lowest BCUT2D eigenvalue weighted by atomic mass is 9.87. The fourth-order valence-corrected chi connectivity index (χ4v) is 4.73. The Labute approximate surface area is 243 Å². The number of carbonyl (C=O) groups is 1. The van der Waals surface area contributed by atoms with E-state index in [2.05, 4.69) is 24.7 Å². The Kier molecular flexibility index (Phi) is 9.21. The molecule has 2 aromatic heterocycles. The number of nitrogens with one attached hydrogen (secondary N) is 1. The Hall–Kier alpha value is -4.78. The van der Waals surface area contributed by atoms with Crippen LogP contribution in [0.5, 0.6) is 23.1 Å². The SMILES string of the molecule is COc1ccccc1Oc1c(NS(=O)(=O)c2ccc(C(C)(C)C)cc2)nc(-c2ncccn2)nc1OCCCC(=O)O. The number of methoxy groups -OCH3 is 1. The highest BCUT2D eigenvalue weighted by atomic mass is 32.2. The van der Waals surface area contributed by atoms with Crippen molar-refractivity contribution in [3.63, 3.8) is 0 Å². The Balaban J connectivity index is 1.83. The van der Waals surface area contributed by atoms with Crippen LogP contribution < -0.4 is 18.9 Å². The van der Waals surface area contributed by atoms with Crippen molar-refractivity contribution in [3.05, 3.63) is 72.6 Å². The van der Waals surface area contributed by atoms with Crippen LogP contribution in [0.25, 0.3) is 11.6 Å². The number of hydrogen-bond donors (Lipinski definition) is 2. The Morgan fingerprint density at radius 2 is 1.60 bits per heavy atom. The summed E-state index contributed by atoms with van der Waals surface area (Å²) in [5.74, 6) is -0.894. The van der Waals surface area contributed by atoms with Gasteiger partial charge in [0.1, 0.15) is 0 Å². The standard InChI is InChI=1S/C29H31N5O7S/c1-29(2,3)19-12-14-20(15-13-19)42(37,38)34-25-24(41-22-10-6-5-9-21(22)39-4)28(40-18-7-11-23(35)36)33-27(32-25)26-30-16-8-17-31-26/h5-6,8-10,12-17H,7,11,18H2,1-4H3,(H,35,36)(H,32,33,34). The van der Waals surface area contributed by atoms with Crippen molar-refractivity contribution in [2.75, 3.05) is 18.4 Å². The molecule has 0 atom stereocenters. The normalized spacial score (nSPS) is 11.5. The molecule has 0 aliphatic rings. The Bertz CT molecular complexity index is 1640. The van der Waals surface area contributed by atoms with Gasteiger partial charge in [0.15, 0.2) is 23.1 Å². The number of rotatable bonds is 12. The molecule has 0 radical (unpaired) electrons. The van der Waals surface area contributed by atoms with Gasteiger partial charge in [-0.1, -0.05) is 45.0 Å². The Morgan fingerprint density at radius 1 is 0.929 bits per heavy atom. The second-order valence-corrected chi connectivity index (χ2v) is 11.8. The highest BCUT2D eigenvalue weighted by Gasteiger charge is 2.26. The van der Waals surface area contributed by atoms with E-state index in [0.29, 0.717) is 5.75 Å². The number of sulfonamides is 1. The van der Waals surface area contributed by atoms with Crippen LogP contribution in [-0.2, 0) is 20.2 Å². The number of aliphatic carboxylic acids is 1. The van der Waals surface area contributed by atoms with Crippen molar-refractivity contribution in [2.45, 2.75) is 43.9 Å². The predicted octanol–water partition coefficient (Wildman–Crippen LogP) is 5.08. The minimum Gasteiger partial charge on any atom is -0.493 e. The number of aromatic nitrogens is 4. The maximum atomic E-state index is 13.6. The van der Waals surface area contributed by atoms with E-state index in [9.17, 15) is 13.2 Å². The molecule has 0 aliphatic carbocycles. The summed E-state index contributed by atoms with van der Waals surface area (Å²) in [7, 11) is -2.72. The number of para-hydroxylation sites is 2. The van der Waals surface area contributed by atoms with Crippen LogP contribution in [0.15, 0.2) is 71.9 Å². The van der Waals surface area contributed by atoms with Crippen LogP contribution in [0, 0.1) is 0 Å². The molecular formula is C29H31N5O7S. The third-order valence-corrected chi connectivity index (χ3v) is 7.27. The second kappa shape index (κ2) is 12.8. The lowest BCUT2D eigenvalue weighted by molar-refractivity contribution is -0.137. The second-order valence-electron chi connectivity index (χ2n) is 10.1. The fraction of sp³-hybridized carbons (Fsp3) is 0.276. The van der Waals surface area contributed by atoms with Crippen molar-refractivity contribution in [1.29, 1.82) is 0 Å². The summed E-state index contributed by atoms with van der Waals surface area (Å²) in [6, 6.07) is 14.9. The van der Waals surface area contributed by atoms with Crippen molar-refractivity contribution in [1.82, 2.24) is 19.9 Å². The van der Waals surface area contributed by atoms with Gasteiger partial charge in [0.05, 0.1) is 18.6 Å². The van der Waals surface area contributed by atoms with Crippen LogP contribution >= 0.6 is 0 Å². The van der Waals surface area contributed by atoms with Crippen LogP contribution in [0.1, 0.15) is 39.2 Å². The van der Waals surface area contributed by atoms with Crippen molar-refractivity contribution < 1.29 is 32.5 Å². The zero-order valence-corrected chi connectivity index (χ0v) is 24.4. The van der Waals surface area contributed by atoms with Gasteiger partial charge in [-0.15, -0.1) is 0 Å². The van der Waals surface area contributed by atoms with E-state index < -0.39 is 16.0 Å². The number of carboxylic acids is 1. The van der Waals surface area contributed by atoms with E-state index >= 15 is 0 Å². The molecule has 0 amide bonds. The summed E-state index contributed by atoms with van der Waals surface area (Å²) >= 11 is 0. The van der Waals surface area contributed by atoms with Gasteiger partial charge in [0, 0.05) is 18.8 Å². The molecule has 0 spiro atoms. The molecular weight excluding hydrogens is 562 g/mol. The number of carboxylic acid groups (broad SMARTS) is 1. The van der Waals surface area contributed by atoms with Crippen molar-refractivity contribution >= 4 is 21.8 Å². The minimum absolute atomic E-state index is 0.00112. The number of ether oxygens (including phenoxy) is 3. The van der Waals surface area contributed by atoms with Gasteiger partial charge in [0.2, 0.25) is 11.6 Å². The van der Waals surface area contributed by atoms with Gasteiger partial charge in [-0.05, 0) is 47.7 Å². The first-order chi connectivity index (χ1) is 20.0. The van der Waals surface area contributed by atoms with E-state index in [-0.39, 0.29) is 64.6 Å². The zero-order valence-electron chi connectivity index (χ0n) is 23.6. The van der Waals surface area contributed by atoms with Crippen LogP contribution in [0.3, 0.4) is 0 Å². The zero-order chi connectivity index (χ0) is 30.3. The summed E-state index contributed by atoms with van der Waals surface area (Å²) in [4.78, 5) is 28.2. The molecule has 0 unspecified atom stereocenters. The largest absolute Gasteiger partial charge is 0.493 e. The smallest absolute Gasteiger partial charge is 0.303 e. The number of benzene rings is 2. The van der Waals surface area contributed by atoms with E-state index in [1.54, 1.807) is 42.5 Å². The van der Waals surface area contributed by atoms with Gasteiger partial charge in [-0.25, -0.2) is 23.4 Å². The lowest BCUT2D eigenvalue weighted by Gasteiger charge is -2.20. The number of anilines is 1. The molecule has 2 heterocycles. The first-order valence-corrected chi connectivity index (χ1v) is 14.4. The third kappa shape index (κ3) is 7.49. The Morgan fingerprint density at radius 3 is 2.21 bits per heavy atom. The molecule has 0 aliphatic heterocycles. The molecule has 0 fully saturated rings. The van der Waals surface area contributed by atoms with E-state index in [0.717, 1.165) is 5.56 Å². The third-order valence-electron chi connectivity index (χ3n) is 5.92. The molecule has 42 heavy (non-hydrogen) atoms. The lowest BCUT2D eigenvalue weighted by Crippen LogP contribution is -2.17. The molecule has 13 heteroatoms. The van der Waals surface area contributed by atoms with Crippen molar-refractivity contribution in [2.24, 2.45) is 0 Å². The van der Waals surface area contributed by atoms with Crippen molar-refractivity contribution in [3.8, 4) is 34.8 Å². The molecule has 2 aromatic carbocycles. The van der Waals surface area contributed by atoms with E-state index in [4.69, 9.17) is 19.3 Å². The summed E-state index contributed by atoms with van der Waals surface area (Å²) in [5.41, 5.74) is 0.791. The van der Waals surface area contributed by atoms with Crippen LogP contribution in [0.4, 0.5) is 5.82 Å². The van der Waals surface area contributed by atoms with Crippen LogP contribution in [0.2, 0.25) is 0 Å². The minimum atomic E-state index is -4.18. The summed E-state index contributed by atoms with van der Waals surface area (Å²) in [6.07, 6.45) is 2.98. The first kappa shape index (κ1) is 30.2. The number of hydrogen-bond acceptors (Lipinski definition) is 10. The van der Waals surface area contributed by atoms with Crippen LogP contribution in [-0.4, -0.2) is 53.1 Å².